The molecule has 2 N–H and O–H groups in total. The molecule has 1 aromatic carbocycles. The number of benzene rings is 1. The molecule has 2 aromatic rings. The molecule has 1 aromatic heterocycles. The van der Waals surface area contributed by atoms with Gasteiger partial charge in [0, 0.05) is 30.5 Å². The molecule has 0 aliphatic heterocycles. The summed E-state index contributed by atoms with van der Waals surface area (Å²) in [6.07, 6.45) is 0. The zero-order valence-electron chi connectivity index (χ0n) is 12.1. The van der Waals surface area contributed by atoms with Gasteiger partial charge in [0.25, 0.3) is 0 Å². The van der Waals surface area contributed by atoms with Crippen molar-refractivity contribution in [2.45, 2.75) is 27.3 Å². The SMILES string of the molecule is Cc1cc(C)cc(N(C)c2nc(C)ccc2CN)c1. The second-order valence-electron chi connectivity index (χ2n) is 5.04. The van der Waals surface area contributed by atoms with Crippen molar-refractivity contribution in [3.05, 3.63) is 52.7 Å². The van der Waals surface area contributed by atoms with Crippen molar-refractivity contribution in [3.8, 4) is 0 Å². The van der Waals surface area contributed by atoms with E-state index in [2.05, 4.69) is 48.0 Å². The molecule has 0 spiro atoms. The predicted molar refractivity (Wildman–Crippen MR) is 80.8 cm³/mol. The second kappa shape index (κ2) is 5.41. The molecule has 0 unspecified atom stereocenters. The maximum absolute atomic E-state index is 5.81. The molecule has 0 saturated heterocycles. The summed E-state index contributed by atoms with van der Waals surface area (Å²) in [7, 11) is 2.04. The van der Waals surface area contributed by atoms with E-state index in [1.165, 1.54) is 11.1 Å². The van der Waals surface area contributed by atoms with Gasteiger partial charge in [-0.05, 0) is 50.1 Å². The number of hydrogen-bond acceptors (Lipinski definition) is 3. The van der Waals surface area contributed by atoms with E-state index < -0.39 is 0 Å². The van der Waals surface area contributed by atoms with Crippen LogP contribution in [0.1, 0.15) is 22.4 Å². The molecule has 0 aliphatic rings. The van der Waals surface area contributed by atoms with Crippen LogP contribution in [-0.4, -0.2) is 12.0 Å². The maximum Gasteiger partial charge on any atom is 0.137 e. The fourth-order valence-corrected chi connectivity index (χ4v) is 2.29. The van der Waals surface area contributed by atoms with Crippen LogP contribution in [0.5, 0.6) is 0 Å². The van der Waals surface area contributed by atoms with E-state index in [0.29, 0.717) is 6.54 Å². The Kier molecular flexibility index (Phi) is 3.86. The average Bonchev–Trinajstić information content (AvgIpc) is 2.36. The average molecular weight is 255 g/mol. The molecule has 100 valence electrons. The van der Waals surface area contributed by atoms with Crippen LogP contribution in [0.4, 0.5) is 11.5 Å². The minimum absolute atomic E-state index is 0.498. The quantitative estimate of drug-likeness (QED) is 0.915. The largest absolute Gasteiger partial charge is 0.329 e. The zero-order valence-corrected chi connectivity index (χ0v) is 12.1. The summed E-state index contributed by atoms with van der Waals surface area (Å²) < 4.78 is 0. The Hall–Kier alpha value is -1.87. The summed E-state index contributed by atoms with van der Waals surface area (Å²) in [6.45, 7) is 6.71. The van der Waals surface area contributed by atoms with Crippen molar-refractivity contribution in [1.82, 2.24) is 4.98 Å². The fourth-order valence-electron chi connectivity index (χ4n) is 2.29. The molecule has 0 bridgehead atoms. The molecule has 1 heterocycles. The Morgan fingerprint density at radius 3 is 2.26 bits per heavy atom. The topological polar surface area (TPSA) is 42.2 Å². The van der Waals surface area contributed by atoms with Gasteiger partial charge < -0.3 is 10.6 Å². The van der Waals surface area contributed by atoms with E-state index in [1.54, 1.807) is 0 Å². The van der Waals surface area contributed by atoms with Gasteiger partial charge >= 0.3 is 0 Å². The molecule has 2 rings (SSSR count). The molecule has 0 radical (unpaired) electrons. The number of nitrogens with two attached hydrogens (primary N) is 1. The highest BCUT2D eigenvalue weighted by atomic mass is 15.2. The van der Waals surface area contributed by atoms with E-state index in [1.807, 2.05) is 20.0 Å². The molecule has 0 atom stereocenters. The molecule has 0 aliphatic carbocycles. The first-order chi connectivity index (χ1) is 9.01. The lowest BCUT2D eigenvalue weighted by Gasteiger charge is -2.22. The van der Waals surface area contributed by atoms with E-state index >= 15 is 0 Å². The van der Waals surface area contributed by atoms with Gasteiger partial charge in [0.05, 0.1) is 0 Å². The highest BCUT2D eigenvalue weighted by Crippen LogP contribution is 2.27. The molecule has 3 nitrogen and oxygen atoms in total. The van der Waals surface area contributed by atoms with Gasteiger partial charge in [-0.1, -0.05) is 12.1 Å². The first kappa shape index (κ1) is 13.6. The Labute approximate surface area is 115 Å². The monoisotopic (exact) mass is 255 g/mol. The van der Waals surface area contributed by atoms with Gasteiger partial charge in [-0.15, -0.1) is 0 Å². The highest BCUT2D eigenvalue weighted by Gasteiger charge is 2.11. The van der Waals surface area contributed by atoms with Crippen LogP contribution in [-0.2, 0) is 6.54 Å². The second-order valence-corrected chi connectivity index (χ2v) is 5.04. The molecule has 3 heteroatoms. The van der Waals surface area contributed by atoms with Gasteiger partial charge in [-0.3, -0.25) is 0 Å². The lowest BCUT2D eigenvalue weighted by Crippen LogP contribution is -2.16. The van der Waals surface area contributed by atoms with E-state index in [9.17, 15) is 0 Å². The van der Waals surface area contributed by atoms with Crippen LogP contribution in [0.25, 0.3) is 0 Å². The lowest BCUT2D eigenvalue weighted by molar-refractivity contribution is 0.994. The number of hydrogen-bond donors (Lipinski definition) is 1. The maximum atomic E-state index is 5.81. The van der Waals surface area contributed by atoms with E-state index in [-0.39, 0.29) is 0 Å². The molecule has 0 fully saturated rings. The van der Waals surface area contributed by atoms with E-state index in [0.717, 1.165) is 22.8 Å². The number of nitrogens with zero attached hydrogens (tertiary/aromatic N) is 2. The third kappa shape index (κ3) is 2.93. The van der Waals surface area contributed by atoms with Crippen LogP contribution in [0.2, 0.25) is 0 Å². The Morgan fingerprint density at radius 2 is 1.68 bits per heavy atom. The van der Waals surface area contributed by atoms with Gasteiger partial charge in [-0.25, -0.2) is 4.98 Å². The molecular weight excluding hydrogens is 234 g/mol. The molecule has 0 amide bonds. The van der Waals surface area contributed by atoms with Gasteiger partial charge in [0.1, 0.15) is 5.82 Å². The predicted octanol–water partition coefficient (Wildman–Crippen LogP) is 3.23. The first-order valence-electron chi connectivity index (χ1n) is 6.50. The summed E-state index contributed by atoms with van der Waals surface area (Å²) in [5.74, 6) is 0.938. The van der Waals surface area contributed by atoms with Gasteiger partial charge in [-0.2, -0.15) is 0 Å². The summed E-state index contributed by atoms with van der Waals surface area (Å²) >= 11 is 0. The van der Waals surface area contributed by atoms with Crippen molar-refractivity contribution in [1.29, 1.82) is 0 Å². The normalized spacial score (nSPS) is 10.6. The minimum atomic E-state index is 0.498. The van der Waals surface area contributed by atoms with Crippen molar-refractivity contribution in [2.75, 3.05) is 11.9 Å². The van der Waals surface area contributed by atoms with E-state index in [4.69, 9.17) is 5.73 Å². The highest BCUT2D eigenvalue weighted by molar-refractivity contribution is 5.63. The van der Waals surface area contributed by atoms with Crippen molar-refractivity contribution >= 4 is 11.5 Å². The van der Waals surface area contributed by atoms with Gasteiger partial charge in [0.2, 0.25) is 0 Å². The van der Waals surface area contributed by atoms with Gasteiger partial charge in [0.15, 0.2) is 0 Å². The number of anilines is 2. The molecule has 19 heavy (non-hydrogen) atoms. The van der Waals surface area contributed by atoms with Crippen molar-refractivity contribution in [2.24, 2.45) is 5.73 Å². The van der Waals surface area contributed by atoms with Crippen molar-refractivity contribution < 1.29 is 0 Å². The Bertz CT molecular complexity index is 570. The third-order valence-corrected chi connectivity index (χ3v) is 3.23. The lowest BCUT2D eigenvalue weighted by atomic mass is 10.1. The van der Waals surface area contributed by atoms with Crippen LogP contribution in [0.15, 0.2) is 30.3 Å². The van der Waals surface area contributed by atoms with Crippen LogP contribution < -0.4 is 10.6 Å². The van der Waals surface area contributed by atoms with Crippen molar-refractivity contribution in [3.63, 3.8) is 0 Å². The first-order valence-corrected chi connectivity index (χ1v) is 6.50. The summed E-state index contributed by atoms with van der Waals surface area (Å²) in [5, 5.41) is 0. The smallest absolute Gasteiger partial charge is 0.137 e. The number of pyridine rings is 1. The zero-order chi connectivity index (χ0) is 14.0. The summed E-state index contributed by atoms with van der Waals surface area (Å²) in [4.78, 5) is 6.73. The van der Waals surface area contributed by atoms with Crippen LogP contribution >= 0.6 is 0 Å². The molecular formula is C16H21N3. The summed E-state index contributed by atoms with van der Waals surface area (Å²) in [5.41, 5.74) is 11.5. The minimum Gasteiger partial charge on any atom is -0.329 e. The standard InChI is InChI=1S/C16H21N3/c1-11-7-12(2)9-15(8-11)19(4)16-14(10-17)6-5-13(3)18-16/h5-9H,10,17H2,1-4H3. The number of aryl methyl sites for hydroxylation is 3. The van der Waals surface area contributed by atoms with Crippen LogP contribution in [0.3, 0.4) is 0 Å². The molecule has 0 saturated carbocycles. The fraction of sp³-hybridized carbons (Fsp3) is 0.312. The Morgan fingerprint density at radius 1 is 1.05 bits per heavy atom. The summed E-state index contributed by atoms with van der Waals surface area (Å²) in [6, 6.07) is 10.6. The number of rotatable bonds is 3. The third-order valence-electron chi connectivity index (χ3n) is 3.23. The van der Waals surface area contributed by atoms with Crippen LogP contribution in [0, 0.1) is 20.8 Å². The number of aromatic nitrogens is 1. The Balaban J connectivity index is 2.48.